The zero-order chi connectivity index (χ0) is 22.7. The van der Waals surface area contributed by atoms with Gasteiger partial charge in [-0.15, -0.1) is 0 Å². The Kier molecular flexibility index (Phi) is 6.48. The smallest absolute Gasteiger partial charge is 0.337 e. The zero-order valence-corrected chi connectivity index (χ0v) is 18.6. The van der Waals surface area contributed by atoms with Crippen LogP contribution in [0.4, 0.5) is 0 Å². The molecule has 9 heteroatoms. The number of nitrogens with zero attached hydrogens (tertiary/aromatic N) is 3. The molecule has 1 saturated heterocycles. The lowest BCUT2D eigenvalue weighted by Gasteiger charge is -2.34. The van der Waals surface area contributed by atoms with Gasteiger partial charge < -0.3 is 14.6 Å². The number of carbonyl (C=O) groups excluding carboxylic acids is 2. The van der Waals surface area contributed by atoms with Crippen molar-refractivity contribution in [2.24, 2.45) is 0 Å². The molecule has 4 rings (SSSR count). The van der Waals surface area contributed by atoms with Gasteiger partial charge in [0.15, 0.2) is 4.77 Å². The fourth-order valence-electron chi connectivity index (χ4n) is 3.88. The predicted molar refractivity (Wildman–Crippen MR) is 123 cm³/mol. The SMILES string of the molecule is COC(=O)c1ccc2c(=O)n(CC(=O)N3CCN(Cc4ccccc4)CC3)c(=S)[nH]c2c1. The summed E-state index contributed by atoms with van der Waals surface area (Å²) in [6, 6.07) is 14.8. The first-order valence-electron chi connectivity index (χ1n) is 10.4. The number of benzene rings is 2. The summed E-state index contributed by atoms with van der Waals surface area (Å²) in [4.78, 5) is 44.6. The molecule has 0 atom stereocenters. The number of amides is 1. The third-order valence-electron chi connectivity index (χ3n) is 5.67. The summed E-state index contributed by atoms with van der Waals surface area (Å²) < 4.78 is 6.13. The van der Waals surface area contributed by atoms with Gasteiger partial charge in [0.05, 0.1) is 23.6 Å². The van der Waals surface area contributed by atoms with Gasteiger partial charge in [-0.2, -0.15) is 0 Å². The van der Waals surface area contributed by atoms with Crippen LogP contribution in [0.5, 0.6) is 0 Å². The normalized spacial score (nSPS) is 14.5. The van der Waals surface area contributed by atoms with Crippen molar-refractivity contribution in [1.29, 1.82) is 0 Å². The summed E-state index contributed by atoms with van der Waals surface area (Å²) in [5.41, 5.74) is 1.63. The molecule has 0 bridgehead atoms. The number of methoxy groups -OCH3 is 1. The maximum atomic E-state index is 13.0. The molecule has 0 unspecified atom stereocenters. The molecule has 0 aliphatic carbocycles. The second kappa shape index (κ2) is 9.46. The van der Waals surface area contributed by atoms with Crippen LogP contribution < -0.4 is 5.56 Å². The van der Waals surface area contributed by atoms with E-state index in [0.717, 1.165) is 19.6 Å². The Morgan fingerprint density at radius 2 is 1.78 bits per heavy atom. The summed E-state index contributed by atoms with van der Waals surface area (Å²) >= 11 is 5.33. The Hall–Kier alpha value is -3.30. The van der Waals surface area contributed by atoms with Gasteiger partial charge in [0.2, 0.25) is 5.91 Å². The van der Waals surface area contributed by atoms with Crippen molar-refractivity contribution in [1.82, 2.24) is 19.4 Å². The highest BCUT2D eigenvalue weighted by atomic mass is 32.1. The van der Waals surface area contributed by atoms with Crippen molar-refractivity contribution in [3.05, 3.63) is 74.8 Å². The minimum absolute atomic E-state index is 0.123. The number of nitrogens with one attached hydrogen (secondary N) is 1. The van der Waals surface area contributed by atoms with Gasteiger partial charge >= 0.3 is 5.97 Å². The van der Waals surface area contributed by atoms with Crippen molar-refractivity contribution >= 4 is 35.0 Å². The Bertz CT molecular complexity index is 1260. The molecule has 1 amide bonds. The van der Waals surface area contributed by atoms with E-state index in [1.54, 1.807) is 11.0 Å². The van der Waals surface area contributed by atoms with Gasteiger partial charge in [0, 0.05) is 32.7 Å². The number of ether oxygens (including phenoxy) is 1. The second-order valence-electron chi connectivity index (χ2n) is 7.72. The molecule has 1 aliphatic heterocycles. The Labute approximate surface area is 190 Å². The molecule has 0 radical (unpaired) electrons. The van der Waals surface area contributed by atoms with E-state index in [1.165, 1.54) is 29.4 Å². The third-order valence-corrected chi connectivity index (χ3v) is 5.99. The van der Waals surface area contributed by atoms with Gasteiger partial charge in [-0.05, 0) is 36.0 Å². The molecule has 32 heavy (non-hydrogen) atoms. The summed E-state index contributed by atoms with van der Waals surface area (Å²) in [5.74, 6) is -0.645. The van der Waals surface area contributed by atoms with E-state index < -0.39 is 5.97 Å². The van der Waals surface area contributed by atoms with Gasteiger partial charge in [0.25, 0.3) is 5.56 Å². The largest absolute Gasteiger partial charge is 0.465 e. The molecule has 166 valence electrons. The first-order chi connectivity index (χ1) is 15.5. The van der Waals surface area contributed by atoms with Crippen LogP contribution in [-0.4, -0.2) is 64.5 Å². The lowest BCUT2D eigenvalue weighted by atomic mass is 10.1. The molecule has 1 aromatic heterocycles. The number of hydrogen-bond acceptors (Lipinski definition) is 6. The van der Waals surface area contributed by atoms with E-state index in [-0.39, 0.29) is 22.8 Å². The first-order valence-corrected chi connectivity index (χ1v) is 10.8. The number of carbonyl (C=O) groups is 2. The summed E-state index contributed by atoms with van der Waals surface area (Å²) in [6.07, 6.45) is 0. The van der Waals surface area contributed by atoms with E-state index >= 15 is 0 Å². The molecular weight excluding hydrogens is 428 g/mol. The number of aromatic amines is 1. The summed E-state index contributed by atoms with van der Waals surface area (Å²) in [6.45, 7) is 3.49. The Balaban J connectivity index is 1.45. The van der Waals surface area contributed by atoms with Crippen LogP contribution in [0.3, 0.4) is 0 Å². The molecule has 1 fully saturated rings. The summed E-state index contributed by atoms with van der Waals surface area (Å²) in [5, 5.41) is 0.353. The average molecular weight is 453 g/mol. The van der Waals surface area contributed by atoms with E-state index in [9.17, 15) is 14.4 Å². The predicted octanol–water partition coefficient (Wildman–Crippen LogP) is 2.19. The molecule has 8 nitrogen and oxygen atoms in total. The number of fused-ring (bicyclic) bond motifs is 1. The van der Waals surface area contributed by atoms with Gasteiger partial charge in [0.1, 0.15) is 6.54 Å². The van der Waals surface area contributed by atoms with Crippen LogP contribution in [0.25, 0.3) is 10.9 Å². The molecule has 0 spiro atoms. The molecule has 2 aromatic carbocycles. The standard InChI is InChI=1S/C23H24N4O4S/c1-31-22(30)17-7-8-18-19(13-17)24-23(32)27(21(18)29)15-20(28)26-11-9-25(10-12-26)14-16-5-3-2-4-6-16/h2-8,13H,9-12,14-15H2,1H3,(H,24,32). The number of H-pyrrole nitrogens is 1. The van der Waals surface area contributed by atoms with Crippen molar-refractivity contribution in [3.63, 3.8) is 0 Å². The van der Waals surface area contributed by atoms with Crippen LogP contribution in [-0.2, 0) is 22.6 Å². The van der Waals surface area contributed by atoms with E-state index in [2.05, 4.69) is 22.0 Å². The van der Waals surface area contributed by atoms with Gasteiger partial charge in [-0.25, -0.2) is 4.79 Å². The fourth-order valence-corrected chi connectivity index (χ4v) is 4.13. The van der Waals surface area contributed by atoms with Crippen LogP contribution in [0.1, 0.15) is 15.9 Å². The number of aromatic nitrogens is 2. The second-order valence-corrected chi connectivity index (χ2v) is 8.10. The third kappa shape index (κ3) is 4.63. The summed E-state index contributed by atoms with van der Waals surface area (Å²) in [7, 11) is 1.29. The highest BCUT2D eigenvalue weighted by molar-refractivity contribution is 7.71. The average Bonchev–Trinajstić information content (AvgIpc) is 2.82. The Morgan fingerprint density at radius 1 is 1.06 bits per heavy atom. The van der Waals surface area contributed by atoms with Crippen molar-refractivity contribution < 1.29 is 14.3 Å². The zero-order valence-electron chi connectivity index (χ0n) is 17.7. The molecule has 3 aromatic rings. The fraction of sp³-hybridized carbons (Fsp3) is 0.304. The quantitative estimate of drug-likeness (QED) is 0.472. The van der Waals surface area contributed by atoms with E-state index in [1.807, 2.05) is 18.2 Å². The van der Waals surface area contributed by atoms with Crippen LogP contribution in [0.2, 0.25) is 0 Å². The number of hydrogen-bond donors (Lipinski definition) is 1. The highest BCUT2D eigenvalue weighted by Crippen LogP contribution is 2.13. The lowest BCUT2D eigenvalue weighted by molar-refractivity contribution is -0.133. The first kappa shape index (κ1) is 21.9. The number of piperazine rings is 1. The minimum atomic E-state index is -0.503. The Morgan fingerprint density at radius 3 is 2.47 bits per heavy atom. The number of esters is 1. The maximum Gasteiger partial charge on any atom is 0.337 e. The van der Waals surface area contributed by atoms with Crippen LogP contribution in [0, 0.1) is 4.77 Å². The lowest BCUT2D eigenvalue weighted by Crippen LogP contribution is -2.49. The van der Waals surface area contributed by atoms with Crippen LogP contribution in [0.15, 0.2) is 53.3 Å². The monoisotopic (exact) mass is 452 g/mol. The number of rotatable bonds is 5. The molecule has 1 N–H and O–H groups in total. The molecular formula is C23H24N4O4S. The van der Waals surface area contributed by atoms with E-state index in [4.69, 9.17) is 17.0 Å². The van der Waals surface area contributed by atoms with Crippen molar-refractivity contribution in [2.45, 2.75) is 13.1 Å². The van der Waals surface area contributed by atoms with Crippen molar-refractivity contribution in [3.8, 4) is 0 Å². The van der Waals surface area contributed by atoms with Gasteiger partial charge in [-0.3, -0.25) is 19.1 Å². The van der Waals surface area contributed by atoms with E-state index in [0.29, 0.717) is 29.6 Å². The van der Waals surface area contributed by atoms with Crippen molar-refractivity contribution in [2.75, 3.05) is 33.3 Å². The van der Waals surface area contributed by atoms with Gasteiger partial charge in [-0.1, -0.05) is 30.3 Å². The highest BCUT2D eigenvalue weighted by Gasteiger charge is 2.22. The minimum Gasteiger partial charge on any atom is -0.465 e. The maximum absolute atomic E-state index is 13.0. The van der Waals surface area contributed by atoms with Crippen LogP contribution >= 0.6 is 12.2 Å². The topological polar surface area (TPSA) is 87.6 Å². The molecule has 1 aliphatic rings. The molecule has 2 heterocycles. The molecule has 0 saturated carbocycles.